The van der Waals surface area contributed by atoms with Crippen molar-refractivity contribution in [3.63, 3.8) is 0 Å². The van der Waals surface area contributed by atoms with Crippen LogP contribution in [0.4, 0.5) is 17.6 Å². The molecular formula is C21H31F4NO7S. The first kappa shape index (κ1) is 27.1. The molecule has 0 aromatic carbocycles. The third-order valence-corrected chi connectivity index (χ3v) is 7.96. The summed E-state index contributed by atoms with van der Waals surface area (Å²) >= 11 is 0. The van der Waals surface area contributed by atoms with E-state index in [9.17, 15) is 26.8 Å². The number of ether oxygens (including phenoxy) is 2. The largest absolute Gasteiger partial charge is 0.460 e. The maximum absolute atomic E-state index is 15.3. The lowest BCUT2D eigenvalue weighted by Crippen LogP contribution is -2.58. The van der Waals surface area contributed by atoms with Crippen molar-refractivity contribution in [3.05, 3.63) is 0 Å². The molecule has 4 bridgehead atoms. The Hall–Kier alpha value is -1.47. The highest BCUT2D eigenvalue weighted by Gasteiger charge is 2.80. The maximum atomic E-state index is 15.3. The summed E-state index contributed by atoms with van der Waals surface area (Å²) in [6.07, 6.45) is -0.302. The lowest BCUT2D eigenvalue weighted by atomic mass is 9.64. The Morgan fingerprint density at radius 2 is 1.26 bits per heavy atom. The summed E-state index contributed by atoms with van der Waals surface area (Å²) in [5, 5.41) is -5.83. The Balaban J connectivity index is 2.13. The van der Waals surface area contributed by atoms with Crippen LogP contribution in [0.5, 0.6) is 0 Å². The molecule has 8 nitrogen and oxygen atoms in total. The van der Waals surface area contributed by atoms with Gasteiger partial charge in [0.15, 0.2) is 0 Å². The van der Waals surface area contributed by atoms with Gasteiger partial charge in [-0.2, -0.15) is 26.0 Å². The van der Waals surface area contributed by atoms with E-state index in [4.69, 9.17) is 19.8 Å². The monoisotopic (exact) mass is 517 g/mol. The second-order valence-electron chi connectivity index (χ2n) is 11.6. The van der Waals surface area contributed by atoms with E-state index >= 15 is 8.78 Å². The molecule has 0 aromatic rings. The van der Waals surface area contributed by atoms with E-state index < -0.39 is 91.9 Å². The zero-order valence-corrected chi connectivity index (χ0v) is 20.5. The van der Waals surface area contributed by atoms with Crippen molar-refractivity contribution in [2.75, 3.05) is 0 Å². The molecule has 4 rings (SSSR count). The van der Waals surface area contributed by atoms with Crippen LogP contribution in [0, 0.1) is 41.4 Å². The molecule has 0 radical (unpaired) electrons. The SMILES string of the molecule is CC(C)(C)OC(=O)C1C2CC3C(N)C1C(C2C(=O)OC(C)(C)C)C3C(F)(F)C(F)(F)S(=O)(=O)O. The van der Waals surface area contributed by atoms with Crippen molar-refractivity contribution >= 4 is 22.1 Å². The first-order valence-electron chi connectivity index (χ1n) is 11.0. The van der Waals surface area contributed by atoms with Gasteiger partial charge in [-0.1, -0.05) is 0 Å². The van der Waals surface area contributed by atoms with Gasteiger partial charge in [-0.3, -0.25) is 14.1 Å². The molecule has 34 heavy (non-hydrogen) atoms. The summed E-state index contributed by atoms with van der Waals surface area (Å²) in [7, 11) is -6.50. The van der Waals surface area contributed by atoms with Crippen molar-refractivity contribution in [3.8, 4) is 0 Å². The Labute approximate surface area is 195 Å². The summed E-state index contributed by atoms with van der Waals surface area (Å²) in [4.78, 5) is 26.2. The molecule has 4 aliphatic rings. The third-order valence-electron chi connectivity index (χ3n) is 7.04. The Morgan fingerprint density at radius 1 is 0.853 bits per heavy atom. The standard InChI is InChI=1S/C21H31F4NO7S/c1-18(2,3)32-16(27)10-8-7-9-14(20(22,23)21(24,25)34(29,30)31)12(10)13(15(9)26)11(8)17(28)33-19(4,5)6/h8-15H,7,26H2,1-6H3,(H,29,30,31). The number of alkyl halides is 4. The van der Waals surface area contributed by atoms with Crippen molar-refractivity contribution in [1.29, 1.82) is 0 Å². The fourth-order valence-electron chi connectivity index (χ4n) is 6.23. The normalized spacial score (nSPS) is 36.0. The topological polar surface area (TPSA) is 133 Å². The van der Waals surface area contributed by atoms with Gasteiger partial charge in [0.05, 0.1) is 11.8 Å². The molecule has 0 saturated heterocycles. The van der Waals surface area contributed by atoms with Gasteiger partial charge < -0.3 is 15.2 Å². The molecule has 0 heterocycles. The van der Waals surface area contributed by atoms with Crippen molar-refractivity contribution < 1.29 is 49.6 Å². The van der Waals surface area contributed by atoms with E-state index in [0.29, 0.717) is 0 Å². The molecule has 0 aliphatic heterocycles. The maximum Gasteiger partial charge on any atom is 0.431 e. The van der Waals surface area contributed by atoms with Crippen LogP contribution < -0.4 is 5.73 Å². The van der Waals surface area contributed by atoms with Crippen LogP contribution >= 0.6 is 0 Å². The Bertz CT molecular complexity index is 973. The smallest absolute Gasteiger partial charge is 0.431 e. The molecule has 4 fully saturated rings. The molecular weight excluding hydrogens is 486 g/mol. The Morgan fingerprint density at radius 3 is 1.65 bits per heavy atom. The first-order chi connectivity index (χ1) is 15.0. The van der Waals surface area contributed by atoms with E-state index in [0.717, 1.165) is 0 Å². The minimum Gasteiger partial charge on any atom is -0.460 e. The van der Waals surface area contributed by atoms with Crippen molar-refractivity contribution in [1.82, 2.24) is 0 Å². The van der Waals surface area contributed by atoms with E-state index in [-0.39, 0.29) is 6.42 Å². The fourth-order valence-corrected chi connectivity index (χ4v) is 6.71. The summed E-state index contributed by atoms with van der Waals surface area (Å²) in [6, 6.07) is -1.20. The molecule has 3 N–H and O–H groups in total. The van der Waals surface area contributed by atoms with E-state index in [2.05, 4.69) is 0 Å². The number of halogens is 4. The molecule has 0 amide bonds. The number of carbonyl (C=O) groups excluding carboxylic acids is 2. The predicted molar refractivity (Wildman–Crippen MR) is 110 cm³/mol. The molecule has 4 saturated carbocycles. The van der Waals surface area contributed by atoms with Gasteiger partial charge in [-0.05, 0) is 71.6 Å². The zero-order valence-electron chi connectivity index (χ0n) is 19.7. The van der Waals surface area contributed by atoms with E-state index in [1.807, 2.05) is 0 Å². The zero-order chi connectivity index (χ0) is 26.4. The van der Waals surface area contributed by atoms with Crippen LogP contribution in [0.15, 0.2) is 0 Å². The minimum absolute atomic E-state index is 0.302. The summed E-state index contributed by atoms with van der Waals surface area (Å²) < 4.78 is 101. The number of carbonyl (C=O) groups is 2. The van der Waals surface area contributed by atoms with Crippen LogP contribution in [-0.4, -0.2) is 53.3 Å². The molecule has 8 unspecified atom stereocenters. The lowest BCUT2D eigenvalue weighted by Gasteiger charge is -2.44. The van der Waals surface area contributed by atoms with Crippen LogP contribution in [0.25, 0.3) is 0 Å². The number of hydrogen-bond acceptors (Lipinski definition) is 7. The van der Waals surface area contributed by atoms with Crippen LogP contribution in [0.2, 0.25) is 0 Å². The molecule has 4 aliphatic carbocycles. The quantitative estimate of drug-likeness (QED) is 0.323. The first-order valence-corrected chi connectivity index (χ1v) is 12.4. The Kier molecular flexibility index (Phi) is 6.19. The summed E-state index contributed by atoms with van der Waals surface area (Å²) in [5.41, 5.74) is 4.17. The van der Waals surface area contributed by atoms with Gasteiger partial charge in [0.2, 0.25) is 0 Å². The second kappa shape index (κ2) is 7.76. The number of esters is 2. The van der Waals surface area contributed by atoms with Gasteiger partial charge in [0.25, 0.3) is 0 Å². The average molecular weight is 518 g/mol. The number of nitrogens with two attached hydrogens (primary N) is 1. The highest BCUT2D eigenvalue weighted by molar-refractivity contribution is 7.87. The minimum atomic E-state index is -6.50. The molecule has 13 heteroatoms. The number of rotatable bonds is 5. The van der Waals surface area contributed by atoms with Gasteiger partial charge in [0.1, 0.15) is 11.2 Å². The molecule has 0 spiro atoms. The van der Waals surface area contributed by atoms with Crippen molar-refractivity contribution in [2.45, 2.75) is 76.4 Å². The highest BCUT2D eigenvalue weighted by Crippen LogP contribution is 2.70. The summed E-state index contributed by atoms with van der Waals surface area (Å²) in [5.74, 6) is -16.8. The van der Waals surface area contributed by atoms with Crippen molar-refractivity contribution in [2.24, 2.45) is 47.2 Å². The molecule has 196 valence electrons. The predicted octanol–water partition coefficient (Wildman–Crippen LogP) is 2.86. The van der Waals surface area contributed by atoms with Gasteiger partial charge in [0, 0.05) is 12.0 Å². The lowest BCUT2D eigenvalue weighted by molar-refractivity contribution is -0.221. The van der Waals surface area contributed by atoms with Crippen LogP contribution in [0.3, 0.4) is 0 Å². The van der Waals surface area contributed by atoms with Crippen LogP contribution in [-0.2, 0) is 29.2 Å². The third kappa shape index (κ3) is 4.11. The van der Waals surface area contributed by atoms with Gasteiger partial charge in [-0.15, -0.1) is 0 Å². The molecule has 8 atom stereocenters. The molecule has 0 aromatic heterocycles. The van der Waals surface area contributed by atoms with Gasteiger partial charge in [-0.25, -0.2) is 0 Å². The van der Waals surface area contributed by atoms with Gasteiger partial charge >= 0.3 is 33.2 Å². The second-order valence-corrected chi connectivity index (χ2v) is 13.0. The highest BCUT2D eigenvalue weighted by atomic mass is 32.2. The van der Waals surface area contributed by atoms with E-state index in [1.165, 1.54) is 20.8 Å². The fraction of sp³-hybridized carbons (Fsp3) is 0.905. The average Bonchev–Trinajstić information content (AvgIpc) is 2.93. The van der Waals surface area contributed by atoms with Crippen LogP contribution in [0.1, 0.15) is 48.0 Å². The van der Waals surface area contributed by atoms with E-state index in [1.54, 1.807) is 20.8 Å². The summed E-state index contributed by atoms with van der Waals surface area (Å²) in [6.45, 7) is 9.36. The number of hydrogen-bond donors (Lipinski definition) is 2.